The number of hydrogen-bond donors (Lipinski definition) is 1. The van der Waals surface area contributed by atoms with E-state index in [2.05, 4.69) is 4.98 Å². The second-order valence-corrected chi connectivity index (χ2v) is 7.54. The van der Waals surface area contributed by atoms with E-state index < -0.39 is 5.82 Å². The molecular weight excluding hydrogens is 417 g/mol. The minimum atomic E-state index is -0.590. The van der Waals surface area contributed by atoms with Crippen LogP contribution >= 0.6 is 0 Å². The van der Waals surface area contributed by atoms with Crippen molar-refractivity contribution in [3.63, 3.8) is 0 Å². The van der Waals surface area contributed by atoms with Gasteiger partial charge in [0.2, 0.25) is 0 Å². The number of aromatic nitrogens is 2. The molecule has 0 saturated carbocycles. The summed E-state index contributed by atoms with van der Waals surface area (Å²) in [6, 6.07) is 8.16. The predicted molar refractivity (Wildman–Crippen MR) is 119 cm³/mol. The first-order valence-electron chi connectivity index (χ1n) is 10.5. The normalized spacial score (nSPS) is 14.5. The van der Waals surface area contributed by atoms with Crippen LogP contribution in [0.2, 0.25) is 0 Å². The van der Waals surface area contributed by atoms with Gasteiger partial charge in [0.1, 0.15) is 5.75 Å². The van der Waals surface area contributed by atoms with Crippen LogP contribution in [-0.4, -0.2) is 55.2 Å². The molecule has 9 heteroatoms. The van der Waals surface area contributed by atoms with E-state index in [4.69, 9.17) is 14.2 Å². The van der Waals surface area contributed by atoms with Crippen LogP contribution in [0.5, 0.6) is 11.5 Å². The molecule has 1 aliphatic rings. The molecule has 2 aromatic carbocycles. The number of methoxy groups -OCH3 is 2. The molecule has 1 saturated heterocycles. The minimum absolute atomic E-state index is 0.0200. The lowest BCUT2D eigenvalue weighted by Crippen LogP contribution is -2.29. The van der Waals surface area contributed by atoms with Crippen LogP contribution in [0.3, 0.4) is 0 Å². The Morgan fingerprint density at radius 1 is 1.22 bits per heavy atom. The fourth-order valence-corrected chi connectivity index (χ4v) is 4.03. The van der Waals surface area contributed by atoms with Gasteiger partial charge in [-0.1, -0.05) is 0 Å². The van der Waals surface area contributed by atoms with Gasteiger partial charge in [-0.05, 0) is 31.0 Å². The average molecular weight is 443 g/mol. The van der Waals surface area contributed by atoms with Gasteiger partial charge in [-0.25, -0.2) is 9.37 Å². The van der Waals surface area contributed by atoms with E-state index >= 15 is 4.39 Å². The number of nitrogens with zero attached hydrogens (tertiary/aromatic N) is 3. The first kappa shape index (κ1) is 22.0. The van der Waals surface area contributed by atoms with Crippen molar-refractivity contribution < 1.29 is 23.7 Å². The fraction of sp³-hybridized carbons (Fsp3) is 0.391. The quantitative estimate of drug-likeness (QED) is 0.601. The molecule has 0 unspecified atom stereocenters. The van der Waals surface area contributed by atoms with Crippen LogP contribution < -0.4 is 19.9 Å². The lowest BCUT2D eigenvalue weighted by Gasteiger charge is -2.26. The summed E-state index contributed by atoms with van der Waals surface area (Å²) < 4.78 is 32.6. The first-order chi connectivity index (χ1) is 15.6. The molecule has 0 bridgehead atoms. The third kappa shape index (κ3) is 4.13. The summed E-state index contributed by atoms with van der Waals surface area (Å²) in [7, 11) is 2.85. The Bertz CT molecular complexity index is 1160. The standard InChI is InChI=1S/C23H26FN3O5/c1-30-17-12-20(22(24)21(13-17)31-2)26(7-8-28)16-3-4-19-18(11-16)23(29)27(14-25-19)15-5-9-32-10-6-15/h3-4,11-15,28H,5-10H2,1-2H3. The van der Waals surface area contributed by atoms with Crippen molar-refractivity contribution in [2.45, 2.75) is 18.9 Å². The van der Waals surface area contributed by atoms with Crippen molar-refractivity contribution in [1.29, 1.82) is 0 Å². The minimum Gasteiger partial charge on any atom is -0.497 e. The number of rotatable bonds is 7. The molecule has 0 aliphatic carbocycles. The molecule has 1 N–H and O–H groups in total. The van der Waals surface area contributed by atoms with Crippen molar-refractivity contribution >= 4 is 22.3 Å². The number of hydrogen-bond acceptors (Lipinski definition) is 7. The van der Waals surface area contributed by atoms with Crippen LogP contribution in [0, 0.1) is 5.82 Å². The molecular formula is C23H26FN3O5. The van der Waals surface area contributed by atoms with E-state index in [1.165, 1.54) is 26.4 Å². The second kappa shape index (κ2) is 9.54. The van der Waals surface area contributed by atoms with Crippen LogP contribution in [0.4, 0.5) is 15.8 Å². The molecule has 2 heterocycles. The maximum atomic E-state index is 15.2. The highest BCUT2D eigenvalue weighted by Gasteiger charge is 2.21. The third-order valence-electron chi connectivity index (χ3n) is 5.73. The zero-order valence-electron chi connectivity index (χ0n) is 18.1. The molecule has 3 aromatic rings. The molecule has 8 nitrogen and oxygen atoms in total. The maximum absolute atomic E-state index is 15.2. The fourth-order valence-electron chi connectivity index (χ4n) is 4.03. The SMILES string of the molecule is COc1cc(OC)c(F)c(N(CCO)c2ccc3ncn(C4CCOCC4)c(=O)c3c2)c1. The number of fused-ring (bicyclic) bond motifs is 1. The molecule has 32 heavy (non-hydrogen) atoms. The van der Waals surface area contributed by atoms with E-state index in [0.717, 1.165) is 12.8 Å². The van der Waals surface area contributed by atoms with E-state index in [0.29, 0.717) is 35.6 Å². The van der Waals surface area contributed by atoms with Crippen molar-refractivity contribution in [2.75, 3.05) is 45.5 Å². The van der Waals surface area contributed by atoms with Crippen LogP contribution in [0.25, 0.3) is 10.9 Å². The van der Waals surface area contributed by atoms with Gasteiger partial charge in [0.25, 0.3) is 5.56 Å². The first-order valence-corrected chi connectivity index (χ1v) is 10.5. The van der Waals surface area contributed by atoms with Gasteiger partial charge in [-0.2, -0.15) is 0 Å². The number of aliphatic hydroxyl groups excluding tert-OH is 1. The van der Waals surface area contributed by atoms with Crippen LogP contribution in [0.1, 0.15) is 18.9 Å². The van der Waals surface area contributed by atoms with E-state index in [1.807, 2.05) is 0 Å². The van der Waals surface area contributed by atoms with Crippen molar-refractivity contribution in [2.24, 2.45) is 0 Å². The number of ether oxygens (including phenoxy) is 3. The van der Waals surface area contributed by atoms with Crippen molar-refractivity contribution in [3.05, 3.63) is 52.8 Å². The molecule has 1 aromatic heterocycles. The number of aliphatic hydroxyl groups is 1. The Hall–Kier alpha value is -3.17. The average Bonchev–Trinajstić information content (AvgIpc) is 2.83. The Morgan fingerprint density at radius 3 is 2.69 bits per heavy atom. The summed E-state index contributed by atoms with van der Waals surface area (Å²) in [5, 5.41) is 10.1. The summed E-state index contributed by atoms with van der Waals surface area (Å²) in [6.07, 6.45) is 3.08. The molecule has 0 atom stereocenters. The van der Waals surface area contributed by atoms with E-state index in [-0.39, 0.29) is 36.2 Å². The molecule has 0 amide bonds. The highest BCUT2D eigenvalue weighted by atomic mass is 19.1. The summed E-state index contributed by atoms with van der Waals surface area (Å²) in [4.78, 5) is 19.3. The molecule has 0 spiro atoms. The highest BCUT2D eigenvalue weighted by Crippen LogP contribution is 2.37. The van der Waals surface area contributed by atoms with Gasteiger partial charge >= 0.3 is 0 Å². The van der Waals surface area contributed by atoms with Crippen LogP contribution in [-0.2, 0) is 4.74 Å². The largest absolute Gasteiger partial charge is 0.497 e. The molecule has 1 aliphatic heterocycles. The van der Waals surface area contributed by atoms with Crippen molar-refractivity contribution in [1.82, 2.24) is 9.55 Å². The maximum Gasteiger partial charge on any atom is 0.261 e. The zero-order chi connectivity index (χ0) is 22.7. The lowest BCUT2D eigenvalue weighted by molar-refractivity contribution is 0.0685. The Labute approximate surface area is 184 Å². The topological polar surface area (TPSA) is 86.1 Å². The summed E-state index contributed by atoms with van der Waals surface area (Å²) in [5.74, 6) is -0.162. The number of anilines is 2. The van der Waals surface area contributed by atoms with Gasteiger partial charge < -0.3 is 24.2 Å². The third-order valence-corrected chi connectivity index (χ3v) is 5.73. The van der Waals surface area contributed by atoms with Gasteiger partial charge in [0.15, 0.2) is 11.6 Å². The summed E-state index contributed by atoms with van der Waals surface area (Å²) in [5.41, 5.74) is 1.11. The van der Waals surface area contributed by atoms with Gasteiger partial charge in [0, 0.05) is 43.6 Å². The molecule has 1 fully saturated rings. The molecule has 4 rings (SSSR count). The second-order valence-electron chi connectivity index (χ2n) is 7.54. The highest BCUT2D eigenvalue weighted by molar-refractivity contribution is 5.83. The Balaban J connectivity index is 1.83. The smallest absolute Gasteiger partial charge is 0.261 e. The monoisotopic (exact) mass is 443 g/mol. The van der Waals surface area contributed by atoms with Crippen molar-refractivity contribution in [3.8, 4) is 11.5 Å². The summed E-state index contributed by atoms with van der Waals surface area (Å²) >= 11 is 0. The van der Waals surface area contributed by atoms with Gasteiger partial charge in [0.05, 0.1) is 43.7 Å². The van der Waals surface area contributed by atoms with Gasteiger partial charge in [-0.3, -0.25) is 9.36 Å². The Kier molecular flexibility index (Phi) is 6.57. The Morgan fingerprint density at radius 2 is 2.00 bits per heavy atom. The number of halogens is 1. The van der Waals surface area contributed by atoms with E-state index in [9.17, 15) is 9.90 Å². The van der Waals surface area contributed by atoms with E-state index in [1.54, 1.807) is 34.0 Å². The van der Waals surface area contributed by atoms with Gasteiger partial charge in [-0.15, -0.1) is 0 Å². The molecule has 0 radical (unpaired) electrons. The van der Waals surface area contributed by atoms with Crippen LogP contribution in [0.15, 0.2) is 41.5 Å². The molecule has 170 valence electrons. The predicted octanol–water partition coefficient (Wildman–Crippen LogP) is 3.03. The zero-order valence-corrected chi connectivity index (χ0v) is 18.1. The summed E-state index contributed by atoms with van der Waals surface area (Å²) in [6.45, 7) is 1.09. The lowest BCUT2D eigenvalue weighted by atomic mass is 10.1. The number of benzene rings is 2.